The van der Waals surface area contributed by atoms with E-state index >= 15 is 0 Å². The van der Waals surface area contributed by atoms with Gasteiger partial charge in [0, 0.05) is 18.6 Å². The molecule has 0 spiro atoms. The van der Waals surface area contributed by atoms with E-state index in [0.29, 0.717) is 18.7 Å². The molecule has 0 amide bonds. The largest absolute Gasteiger partial charge is 1.00 e. The van der Waals surface area contributed by atoms with Crippen LogP contribution in [-0.2, 0) is 9.31 Å². The molecule has 2 aromatic carbocycles. The molecule has 0 bridgehead atoms. The van der Waals surface area contributed by atoms with Crippen LogP contribution in [-0.4, -0.2) is 25.0 Å². The molecule has 1 aliphatic rings. The van der Waals surface area contributed by atoms with Crippen molar-refractivity contribution in [2.45, 2.75) is 13.8 Å². The first-order valence-electron chi connectivity index (χ1n) is 7.28. The van der Waals surface area contributed by atoms with E-state index in [-0.39, 0.29) is 56.8 Å². The molecular weight excluding hydrogens is 302 g/mol. The van der Waals surface area contributed by atoms with E-state index < -0.39 is 6.75 Å². The molecule has 1 aliphatic heterocycles. The number of rotatable bonds is 2. The van der Waals surface area contributed by atoms with Crippen LogP contribution in [0.15, 0.2) is 54.6 Å². The van der Waals surface area contributed by atoms with Crippen molar-refractivity contribution >= 4 is 12.2 Å². The Morgan fingerprint density at radius 3 is 1.91 bits per heavy atom. The summed E-state index contributed by atoms with van der Waals surface area (Å²) in [5.74, 6) is 0. The Balaban J connectivity index is 0.00000176. The van der Waals surface area contributed by atoms with Gasteiger partial charge in [0.1, 0.15) is 0 Å². The first-order valence-corrected chi connectivity index (χ1v) is 7.28. The smallest absolute Gasteiger partial charge is 0.555 e. The van der Waals surface area contributed by atoms with Gasteiger partial charge in [-0.3, -0.25) is 0 Å². The van der Waals surface area contributed by atoms with Gasteiger partial charge in [-0.25, -0.2) is 0 Å². The Morgan fingerprint density at radius 1 is 0.864 bits per heavy atom. The Hall–Kier alpha value is 0.0213. The van der Waals surface area contributed by atoms with Gasteiger partial charge < -0.3 is 14.3 Å². The van der Waals surface area contributed by atoms with Gasteiger partial charge in [0.25, 0.3) is 0 Å². The van der Waals surface area contributed by atoms with Crippen molar-refractivity contribution < 1.29 is 65.7 Å². The Labute approximate surface area is 174 Å². The minimum atomic E-state index is -2.35. The van der Waals surface area contributed by atoms with Crippen molar-refractivity contribution in [3.8, 4) is 11.1 Å². The van der Waals surface area contributed by atoms with Gasteiger partial charge in [-0.05, 0) is 11.1 Å². The van der Waals surface area contributed by atoms with E-state index in [0.717, 1.165) is 11.1 Å². The average molecular weight is 322 g/mol. The van der Waals surface area contributed by atoms with Crippen LogP contribution in [0.1, 0.15) is 13.8 Å². The van der Waals surface area contributed by atoms with Crippen LogP contribution in [0.4, 0.5) is 0 Å². The molecule has 0 radical (unpaired) electrons. The third-order valence-electron chi connectivity index (χ3n) is 3.84. The van der Waals surface area contributed by atoms with Gasteiger partial charge in [0.15, 0.2) is 0 Å². The predicted molar refractivity (Wildman–Crippen MR) is 85.2 cm³/mol. The molecule has 5 heteroatoms. The van der Waals surface area contributed by atoms with Crippen molar-refractivity contribution in [3.05, 3.63) is 54.6 Å². The summed E-state index contributed by atoms with van der Waals surface area (Å²) in [4.78, 5) is 0. The van der Waals surface area contributed by atoms with Gasteiger partial charge in [-0.1, -0.05) is 68.4 Å². The molecule has 1 heterocycles. The molecule has 110 valence electrons. The SMILES string of the molecule is CC1(C)CO[B-](O)(c2ccc(-c3ccccc3)cc2)OC1.[K+]. The van der Waals surface area contributed by atoms with Crippen LogP contribution in [0.3, 0.4) is 0 Å². The van der Waals surface area contributed by atoms with Gasteiger partial charge in [-0.15, -0.1) is 5.46 Å². The Kier molecular flexibility index (Phi) is 6.08. The summed E-state index contributed by atoms with van der Waals surface area (Å²) in [6.07, 6.45) is 0. The van der Waals surface area contributed by atoms with Crippen molar-refractivity contribution in [1.29, 1.82) is 0 Å². The summed E-state index contributed by atoms with van der Waals surface area (Å²) in [5.41, 5.74) is 2.88. The van der Waals surface area contributed by atoms with E-state index in [2.05, 4.69) is 26.0 Å². The van der Waals surface area contributed by atoms with Crippen LogP contribution in [0.2, 0.25) is 0 Å². The molecule has 0 atom stereocenters. The van der Waals surface area contributed by atoms with Gasteiger partial charge in [-0.2, -0.15) is 0 Å². The normalized spacial score (nSPS) is 19.2. The summed E-state index contributed by atoms with van der Waals surface area (Å²) in [7, 11) is 0. The average Bonchev–Trinajstić information content (AvgIpc) is 2.52. The van der Waals surface area contributed by atoms with Crippen molar-refractivity contribution in [2.24, 2.45) is 5.41 Å². The Bertz CT molecular complexity index is 604. The zero-order valence-electron chi connectivity index (χ0n) is 13.5. The zero-order chi connectivity index (χ0) is 14.9. The van der Waals surface area contributed by atoms with E-state index in [1.807, 2.05) is 42.5 Å². The van der Waals surface area contributed by atoms with Crippen molar-refractivity contribution in [3.63, 3.8) is 0 Å². The number of hydrogen-bond donors (Lipinski definition) is 1. The summed E-state index contributed by atoms with van der Waals surface area (Å²) < 4.78 is 11.2. The van der Waals surface area contributed by atoms with Crippen LogP contribution in [0, 0.1) is 5.41 Å². The van der Waals surface area contributed by atoms with Crippen LogP contribution in [0.5, 0.6) is 0 Å². The third kappa shape index (κ3) is 4.10. The molecule has 0 aliphatic carbocycles. The summed E-state index contributed by atoms with van der Waals surface area (Å²) in [5, 5.41) is 10.6. The molecule has 22 heavy (non-hydrogen) atoms. The fraction of sp³-hybridized carbons (Fsp3) is 0.294. The fourth-order valence-corrected chi connectivity index (χ4v) is 2.51. The van der Waals surface area contributed by atoms with Crippen molar-refractivity contribution in [2.75, 3.05) is 13.2 Å². The maximum absolute atomic E-state index is 10.6. The molecule has 0 aromatic heterocycles. The molecule has 1 fully saturated rings. The maximum atomic E-state index is 10.6. The first kappa shape index (κ1) is 18.4. The van der Waals surface area contributed by atoms with Crippen molar-refractivity contribution in [1.82, 2.24) is 0 Å². The molecule has 3 rings (SSSR count). The quantitative estimate of drug-likeness (QED) is 0.763. The van der Waals surface area contributed by atoms with Crippen LogP contribution in [0.25, 0.3) is 11.1 Å². The van der Waals surface area contributed by atoms with E-state index in [4.69, 9.17) is 9.31 Å². The van der Waals surface area contributed by atoms with E-state index in [1.54, 1.807) is 0 Å². The first-order chi connectivity index (χ1) is 9.99. The van der Waals surface area contributed by atoms with Crippen LogP contribution < -0.4 is 56.8 Å². The number of hydrogen-bond acceptors (Lipinski definition) is 3. The topological polar surface area (TPSA) is 38.7 Å². The molecule has 0 saturated carbocycles. The van der Waals surface area contributed by atoms with E-state index in [9.17, 15) is 5.02 Å². The minimum absolute atomic E-state index is 0. The molecular formula is C17H20BKO3. The molecule has 0 unspecified atom stereocenters. The second-order valence-electron chi connectivity index (χ2n) is 6.45. The van der Waals surface area contributed by atoms with Gasteiger partial charge >= 0.3 is 58.1 Å². The monoisotopic (exact) mass is 322 g/mol. The Morgan fingerprint density at radius 2 is 1.36 bits per heavy atom. The summed E-state index contributed by atoms with van der Waals surface area (Å²) in [6.45, 7) is 2.74. The van der Waals surface area contributed by atoms with Crippen LogP contribution >= 0.6 is 0 Å². The second-order valence-corrected chi connectivity index (χ2v) is 6.45. The number of benzene rings is 2. The standard InChI is InChI=1S/C17H20BO3.K/c1-17(2)12-20-18(19,21-13-17)16-10-8-15(9-11-16)14-6-4-3-5-7-14;/h3-11,19H,12-13H2,1-2H3;/q-1;+1. The van der Waals surface area contributed by atoms with E-state index in [1.165, 1.54) is 0 Å². The van der Waals surface area contributed by atoms with Gasteiger partial charge in [0.05, 0.1) is 0 Å². The van der Waals surface area contributed by atoms with Gasteiger partial charge in [0.2, 0.25) is 0 Å². The third-order valence-corrected chi connectivity index (χ3v) is 3.84. The maximum Gasteiger partial charge on any atom is 1.00 e. The predicted octanol–water partition coefficient (Wildman–Crippen LogP) is -0.431. The second kappa shape index (κ2) is 7.28. The summed E-state index contributed by atoms with van der Waals surface area (Å²) in [6, 6.07) is 17.9. The minimum Gasteiger partial charge on any atom is -0.555 e. The molecule has 1 saturated heterocycles. The molecule has 3 nitrogen and oxygen atoms in total. The molecule has 1 N–H and O–H groups in total. The summed E-state index contributed by atoms with van der Waals surface area (Å²) >= 11 is 0. The zero-order valence-corrected chi connectivity index (χ0v) is 16.6. The fourth-order valence-electron chi connectivity index (χ4n) is 2.51. The molecule has 2 aromatic rings.